The zero-order valence-electron chi connectivity index (χ0n) is 15.1. The summed E-state index contributed by atoms with van der Waals surface area (Å²) in [7, 11) is -3.82. The van der Waals surface area contributed by atoms with Gasteiger partial charge >= 0.3 is 5.97 Å². The Balaban J connectivity index is 1.83. The third-order valence-corrected chi connectivity index (χ3v) is 6.24. The van der Waals surface area contributed by atoms with E-state index in [0.717, 1.165) is 12.0 Å². The molecule has 0 radical (unpaired) electrons. The van der Waals surface area contributed by atoms with E-state index in [1.54, 1.807) is 12.1 Å². The summed E-state index contributed by atoms with van der Waals surface area (Å²) >= 11 is 11.7. The molecule has 6 nitrogen and oxygen atoms in total. The van der Waals surface area contributed by atoms with Gasteiger partial charge in [-0.15, -0.1) is 0 Å². The minimum Gasteiger partial charge on any atom is -0.456 e. The van der Waals surface area contributed by atoms with E-state index in [1.807, 2.05) is 19.1 Å². The van der Waals surface area contributed by atoms with Gasteiger partial charge in [-0.1, -0.05) is 42.3 Å². The number of hydrogen-bond donors (Lipinski definition) is 1. The van der Waals surface area contributed by atoms with E-state index in [-0.39, 0.29) is 14.9 Å². The van der Waals surface area contributed by atoms with Gasteiger partial charge in [-0.05, 0) is 42.3 Å². The highest BCUT2D eigenvalue weighted by Gasteiger charge is 2.21. The molecular weight excluding hydrogens is 425 g/mol. The largest absolute Gasteiger partial charge is 0.456 e. The van der Waals surface area contributed by atoms with E-state index in [0.29, 0.717) is 5.69 Å². The monoisotopic (exact) mass is 443 g/mol. The van der Waals surface area contributed by atoms with Crippen molar-refractivity contribution < 1.29 is 22.7 Å². The molecular formula is C19H19Cl2NO5S. The second-order valence-corrected chi connectivity index (χ2v) is 8.82. The third-order valence-electron chi connectivity index (χ3n) is 3.81. The lowest BCUT2D eigenvalue weighted by molar-refractivity contribution is -0.146. The maximum atomic E-state index is 12.3. The minimum atomic E-state index is -3.82. The Morgan fingerprint density at radius 1 is 1.07 bits per heavy atom. The van der Waals surface area contributed by atoms with Gasteiger partial charge in [-0.25, -0.2) is 8.42 Å². The van der Waals surface area contributed by atoms with Crippen LogP contribution in [0.3, 0.4) is 0 Å². The van der Waals surface area contributed by atoms with Crippen LogP contribution in [0.25, 0.3) is 0 Å². The fourth-order valence-electron chi connectivity index (χ4n) is 2.28. The second kappa shape index (κ2) is 9.91. The molecule has 0 heterocycles. The molecule has 28 heavy (non-hydrogen) atoms. The van der Waals surface area contributed by atoms with Crippen LogP contribution in [-0.4, -0.2) is 32.7 Å². The maximum Gasteiger partial charge on any atom is 0.307 e. The summed E-state index contributed by atoms with van der Waals surface area (Å²) in [6.07, 6.45) is 0.471. The smallest absolute Gasteiger partial charge is 0.307 e. The number of carbonyl (C=O) groups excluding carboxylic acids is 2. The molecule has 0 saturated carbocycles. The Morgan fingerprint density at radius 2 is 1.75 bits per heavy atom. The molecule has 150 valence electrons. The second-order valence-electron chi connectivity index (χ2n) is 5.90. The molecule has 0 spiro atoms. The molecule has 0 atom stereocenters. The molecule has 0 aliphatic heterocycles. The van der Waals surface area contributed by atoms with Crippen LogP contribution in [0, 0.1) is 0 Å². The molecule has 0 aliphatic carbocycles. The molecule has 0 saturated heterocycles. The van der Waals surface area contributed by atoms with Crippen molar-refractivity contribution in [1.29, 1.82) is 0 Å². The van der Waals surface area contributed by atoms with Crippen molar-refractivity contribution in [1.82, 2.24) is 0 Å². The Hall–Kier alpha value is -2.09. The summed E-state index contributed by atoms with van der Waals surface area (Å²) in [5.74, 6) is -1.83. The minimum absolute atomic E-state index is 0.0197. The average Bonchev–Trinajstić information content (AvgIpc) is 2.67. The van der Waals surface area contributed by atoms with Gasteiger partial charge in [0.25, 0.3) is 5.91 Å². The number of ether oxygens (including phenoxy) is 1. The van der Waals surface area contributed by atoms with Crippen LogP contribution in [0.1, 0.15) is 18.9 Å². The number of esters is 1. The molecule has 0 aliphatic rings. The highest BCUT2D eigenvalue weighted by Crippen LogP contribution is 2.26. The molecule has 0 unspecified atom stereocenters. The van der Waals surface area contributed by atoms with Crippen molar-refractivity contribution in [3.63, 3.8) is 0 Å². The number of nitrogens with one attached hydrogen (secondary N) is 1. The first-order valence-electron chi connectivity index (χ1n) is 8.43. The summed E-state index contributed by atoms with van der Waals surface area (Å²) in [6, 6.07) is 11.3. The molecule has 2 aromatic rings. The zero-order chi connectivity index (χ0) is 20.7. The van der Waals surface area contributed by atoms with Crippen LogP contribution in [0.2, 0.25) is 10.0 Å². The number of rotatable bonds is 8. The lowest BCUT2D eigenvalue weighted by atomic mass is 10.1. The van der Waals surface area contributed by atoms with Gasteiger partial charge in [0.15, 0.2) is 16.4 Å². The topological polar surface area (TPSA) is 89.5 Å². The number of hydrogen-bond acceptors (Lipinski definition) is 5. The van der Waals surface area contributed by atoms with Crippen LogP contribution >= 0.6 is 23.2 Å². The molecule has 1 amide bonds. The van der Waals surface area contributed by atoms with E-state index < -0.39 is 40.5 Å². The molecule has 0 bridgehead atoms. The van der Waals surface area contributed by atoms with E-state index in [1.165, 1.54) is 18.2 Å². The molecule has 2 rings (SSSR count). The first kappa shape index (κ1) is 22.2. The predicted octanol–water partition coefficient (Wildman–Crippen LogP) is 3.90. The zero-order valence-corrected chi connectivity index (χ0v) is 17.4. The van der Waals surface area contributed by atoms with Gasteiger partial charge in [0.05, 0.1) is 22.1 Å². The van der Waals surface area contributed by atoms with Crippen LogP contribution in [-0.2, 0) is 30.6 Å². The summed E-state index contributed by atoms with van der Waals surface area (Å²) in [6.45, 7) is 1.51. The standard InChI is InChI=1S/C19H19Cl2NO5S/c1-2-13-3-6-15(7-4-13)22-18(23)12-27-19(24)9-10-28(25,26)17-11-14(20)5-8-16(17)21/h3-8,11H,2,9-10,12H2,1H3,(H,22,23). The normalized spacial score (nSPS) is 11.1. The Bertz CT molecular complexity index is 959. The number of anilines is 1. The van der Waals surface area contributed by atoms with Gasteiger partial charge in [-0.3, -0.25) is 9.59 Å². The fraction of sp³-hybridized carbons (Fsp3) is 0.263. The van der Waals surface area contributed by atoms with E-state index >= 15 is 0 Å². The molecule has 2 aromatic carbocycles. The number of amides is 1. The van der Waals surface area contributed by atoms with Crippen molar-refractivity contribution in [2.45, 2.75) is 24.7 Å². The van der Waals surface area contributed by atoms with Crippen molar-refractivity contribution in [3.8, 4) is 0 Å². The lowest BCUT2D eigenvalue weighted by Gasteiger charge is -2.08. The molecule has 0 fully saturated rings. The predicted molar refractivity (Wildman–Crippen MR) is 109 cm³/mol. The highest BCUT2D eigenvalue weighted by atomic mass is 35.5. The van der Waals surface area contributed by atoms with E-state index in [4.69, 9.17) is 27.9 Å². The van der Waals surface area contributed by atoms with Gasteiger partial charge in [0, 0.05) is 10.7 Å². The fourth-order valence-corrected chi connectivity index (χ4v) is 4.32. The quantitative estimate of drug-likeness (QED) is 0.624. The van der Waals surface area contributed by atoms with Gasteiger partial charge in [0.1, 0.15) is 0 Å². The molecule has 0 aromatic heterocycles. The molecule has 9 heteroatoms. The maximum absolute atomic E-state index is 12.3. The van der Waals surface area contributed by atoms with E-state index in [2.05, 4.69) is 5.32 Å². The van der Waals surface area contributed by atoms with Crippen LogP contribution in [0.15, 0.2) is 47.4 Å². The summed E-state index contributed by atoms with van der Waals surface area (Å²) < 4.78 is 29.5. The lowest BCUT2D eigenvalue weighted by Crippen LogP contribution is -2.22. The van der Waals surface area contributed by atoms with Gasteiger partial charge in [-0.2, -0.15) is 0 Å². The van der Waals surface area contributed by atoms with Gasteiger partial charge < -0.3 is 10.1 Å². The Labute approximate surface area is 173 Å². The van der Waals surface area contributed by atoms with Crippen molar-refractivity contribution in [2.24, 2.45) is 0 Å². The van der Waals surface area contributed by atoms with Crippen LogP contribution in [0.4, 0.5) is 5.69 Å². The summed E-state index contributed by atoms with van der Waals surface area (Å²) in [5.41, 5.74) is 1.71. The number of halogens is 2. The number of aryl methyl sites for hydroxylation is 1. The SMILES string of the molecule is CCc1ccc(NC(=O)COC(=O)CCS(=O)(=O)c2cc(Cl)ccc2Cl)cc1. The summed E-state index contributed by atoms with van der Waals surface area (Å²) in [4.78, 5) is 23.5. The van der Waals surface area contributed by atoms with Crippen LogP contribution < -0.4 is 5.32 Å². The first-order chi connectivity index (χ1) is 13.2. The third kappa shape index (κ3) is 6.51. The number of benzene rings is 2. The number of sulfone groups is 1. The highest BCUT2D eigenvalue weighted by molar-refractivity contribution is 7.91. The van der Waals surface area contributed by atoms with Crippen LogP contribution in [0.5, 0.6) is 0 Å². The average molecular weight is 444 g/mol. The number of carbonyl (C=O) groups is 2. The Kier molecular flexibility index (Phi) is 7.86. The first-order valence-corrected chi connectivity index (χ1v) is 10.8. The van der Waals surface area contributed by atoms with Gasteiger partial charge in [0.2, 0.25) is 0 Å². The van der Waals surface area contributed by atoms with Crippen molar-refractivity contribution >= 4 is 50.6 Å². The van der Waals surface area contributed by atoms with Crippen molar-refractivity contribution in [3.05, 3.63) is 58.1 Å². The van der Waals surface area contributed by atoms with Crippen molar-refractivity contribution in [2.75, 3.05) is 17.7 Å². The van der Waals surface area contributed by atoms with E-state index in [9.17, 15) is 18.0 Å². The summed E-state index contributed by atoms with van der Waals surface area (Å²) in [5, 5.41) is 2.83. The molecule has 1 N–H and O–H groups in total. The Morgan fingerprint density at radius 3 is 2.39 bits per heavy atom.